The number of aliphatic hydroxyl groups is 8. The van der Waals surface area contributed by atoms with Crippen LogP contribution < -0.4 is 0 Å². The van der Waals surface area contributed by atoms with Crippen LogP contribution in [0.4, 0.5) is 0 Å². The lowest BCUT2D eigenvalue weighted by atomic mass is 9.99. The number of esters is 1. The zero-order chi connectivity index (χ0) is 26.9. The molecule has 0 bridgehead atoms. The SMILES string of the molecule is CCC(CC(=O)OCCOC[C@H]1O[C@@](CO)(O[C@H]2OC(CO)[C@@H](O)[C@H](O)C2O)[C@H](O)C1O)OCCO. The van der Waals surface area contributed by atoms with Crippen LogP contribution in [0.2, 0.25) is 0 Å². The van der Waals surface area contributed by atoms with Crippen molar-refractivity contribution in [3.8, 4) is 0 Å². The van der Waals surface area contributed by atoms with Crippen molar-refractivity contribution in [2.75, 3.05) is 46.2 Å². The number of hydrogen-bond acceptors (Lipinski definition) is 15. The predicted molar refractivity (Wildman–Crippen MR) is 115 cm³/mol. The van der Waals surface area contributed by atoms with E-state index in [0.717, 1.165) is 0 Å². The third-order valence-corrected chi connectivity index (χ3v) is 5.96. The minimum absolute atomic E-state index is 0.00144. The van der Waals surface area contributed by atoms with Gasteiger partial charge in [0.1, 0.15) is 55.9 Å². The molecule has 212 valence electrons. The van der Waals surface area contributed by atoms with E-state index in [4.69, 9.17) is 33.5 Å². The van der Waals surface area contributed by atoms with E-state index in [1.165, 1.54) is 0 Å². The molecule has 0 aliphatic carbocycles. The van der Waals surface area contributed by atoms with Gasteiger partial charge >= 0.3 is 5.97 Å². The van der Waals surface area contributed by atoms with Crippen LogP contribution in [-0.4, -0.2) is 154 Å². The molecule has 0 saturated carbocycles. The highest BCUT2D eigenvalue weighted by Gasteiger charge is 2.58. The van der Waals surface area contributed by atoms with Gasteiger partial charge in [-0.05, 0) is 6.42 Å². The van der Waals surface area contributed by atoms with E-state index < -0.39 is 74.0 Å². The number of rotatable bonds is 15. The van der Waals surface area contributed by atoms with E-state index in [1.807, 2.05) is 6.92 Å². The second kappa shape index (κ2) is 14.8. The topological polar surface area (TPSA) is 234 Å². The van der Waals surface area contributed by atoms with E-state index in [2.05, 4.69) is 0 Å². The Bertz CT molecular complexity index is 651. The number of aliphatic hydroxyl groups excluding tert-OH is 8. The molecule has 15 nitrogen and oxygen atoms in total. The van der Waals surface area contributed by atoms with Crippen LogP contribution in [0.1, 0.15) is 19.8 Å². The first-order chi connectivity index (χ1) is 17.1. The maximum absolute atomic E-state index is 11.9. The molecule has 2 aliphatic rings. The van der Waals surface area contributed by atoms with Gasteiger partial charge in [0.05, 0.1) is 45.6 Å². The van der Waals surface area contributed by atoms with Gasteiger partial charge in [-0.3, -0.25) is 4.79 Å². The van der Waals surface area contributed by atoms with E-state index in [0.29, 0.717) is 6.42 Å². The van der Waals surface area contributed by atoms with Crippen LogP contribution >= 0.6 is 0 Å². The number of carbonyl (C=O) groups excluding carboxylic acids is 1. The Balaban J connectivity index is 1.84. The van der Waals surface area contributed by atoms with E-state index >= 15 is 0 Å². The Morgan fingerprint density at radius 1 is 0.944 bits per heavy atom. The van der Waals surface area contributed by atoms with Crippen LogP contribution in [-0.2, 0) is 33.2 Å². The summed E-state index contributed by atoms with van der Waals surface area (Å²) in [5.74, 6) is -2.81. The Labute approximate surface area is 207 Å². The molecular formula is C21H38O15. The maximum Gasteiger partial charge on any atom is 0.308 e. The Morgan fingerprint density at radius 3 is 2.28 bits per heavy atom. The van der Waals surface area contributed by atoms with Crippen LogP contribution in [0.3, 0.4) is 0 Å². The van der Waals surface area contributed by atoms with Gasteiger partial charge in [0, 0.05) is 0 Å². The first-order valence-electron chi connectivity index (χ1n) is 11.7. The van der Waals surface area contributed by atoms with E-state index in [-0.39, 0.29) is 45.6 Å². The summed E-state index contributed by atoms with van der Waals surface area (Å²) in [7, 11) is 0. The lowest BCUT2D eigenvalue weighted by Gasteiger charge is -2.43. The van der Waals surface area contributed by atoms with Gasteiger partial charge in [0.15, 0.2) is 6.29 Å². The fraction of sp³-hybridized carbons (Fsp3) is 0.952. The second-order valence-corrected chi connectivity index (χ2v) is 8.50. The average molecular weight is 531 g/mol. The van der Waals surface area contributed by atoms with Crippen molar-refractivity contribution in [1.29, 1.82) is 0 Å². The summed E-state index contributed by atoms with van der Waals surface area (Å²) >= 11 is 0. The number of hydrogen-bond donors (Lipinski definition) is 8. The van der Waals surface area contributed by atoms with Gasteiger partial charge in [-0.15, -0.1) is 0 Å². The van der Waals surface area contributed by atoms with Gasteiger partial charge in [0.2, 0.25) is 5.79 Å². The molecular weight excluding hydrogens is 492 g/mol. The summed E-state index contributed by atoms with van der Waals surface area (Å²) < 4.78 is 31.8. The van der Waals surface area contributed by atoms with Crippen LogP contribution in [0, 0.1) is 0 Å². The molecule has 4 unspecified atom stereocenters. The lowest BCUT2D eigenvalue weighted by molar-refractivity contribution is -0.383. The maximum atomic E-state index is 11.9. The third-order valence-electron chi connectivity index (χ3n) is 5.96. The van der Waals surface area contributed by atoms with Crippen molar-refractivity contribution in [1.82, 2.24) is 0 Å². The molecule has 0 aromatic carbocycles. The monoisotopic (exact) mass is 530 g/mol. The summed E-state index contributed by atoms with van der Waals surface area (Å²) in [5, 5.41) is 78.7. The summed E-state index contributed by atoms with van der Waals surface area (Å²) in [4.78, 5) is 11.9. The van der Waals surface area contributed by atoms with Gasteiger partial charge in [0.25, 0.3) is 0 Å². The molecule has 2 aliphatic heterocycles. The summed E-state index contributed by atoms with van der Waals surface area (Å²) in [6, 6.07) is 0. The van der Waals surface area contributed by atoms with Gasteiger partial charge < -0.3 is 69.3 Å². The molecule has 2 rings (SSSR count). The molecule has 0 aromatic rings. The molecule has 0 radical (unpaired) electrons. The van der Waals surface area contributed by atoms with Crippen LogP contribution in [0.15, 0.2) is 0 Å². The number of ether oxygens (including phenoxy) is 6. The van der Waals surface area contributed by atoms with E-state index in [1.54, 1.807) is 0 Å². The normalized spacial score (nSPS) is 37.7. The highest BCUT2D eigenvalue weighted by Crippen LogP contribution is 2.36. The Hall–Kier alpha value is -1.05. The minimum atomic E-state index is -2.28. The molecule has 2 heterocycles. The summed E-state index contributed by atoms with van der Waals surface area (Å²) in [5.41, 5.74) is 0. The van der Waals surface area contributed by atoms with Gasteiger partial charge in [-0.2, -0.15) is 0 Å². The average Bonchev–Trinajstić information content (AvgIpc) is 3.11. The minimum Gasteiger partial charge on any atom is -0.463 e. The molecule has 2 fully saturated rings. The highest BCUT2D eigenvalue weighted by atomic mass is 16.8. The molecule has 15 heteroatoms. The first-order valence-corrected chi connectivity index (χ1v) is 11.7. The summed E-state index contributed by atoms with van der Waals surface area (Å²) in [6.45, 7) is -0.436. The van der Waals surface area contributed by atoms with E-state index in [9.17, 15) is 40.5 Å². The largest absolute Gasteiger partial charge is 0.463 e. The van der Waals surface area contributed by atoms with Gasteiger partial charge in [-0.1, -0.05) is 6.92 Å². The third kappa shape index (κ3) is 7.73. The fourth-order valence-corrected chi connectivity index (χ4v) is 3.82. The van der Waals surface area contributed by atoms with Crippen LogP contribution in [0.25, 0.3) is 0 Å². The first kappa shape index (κ1) is 31.2. The molecule has 10 atom stereocenters. The van der Waals surface area contributed by atoms with Crippen molar-refractivity contribution >= 4 is 5.97 Å². The molecule has 0 aromatic heterocycles. The predicted octanol–water partition coefficient (Wildman–Crippen LogP) is -4.65. The molecule has 0 amide bonds. The lowest BCUT2D eigenvalue weighted by Crippen LogP contribution is -2.62. The Kier molecular flexibility index (Phi) is 12.8. The molecule has 8 N–H and O–H groups in total. The zero-order valence-electron chi connectivity index (χ0n) is 20.0. The van der Waals surface area contributed by atoms with Gasteiger partial charge in [-0.25, -0.2) is 0 Å². The smallest absolute Gasteiger partial charge is 0.308 e. The van der Waals surface area contributed by atoms with Crippen molar-refractivity contribution in [3.63, 3.8) is 0 Å². The molecule has 0 spiro atoms. The van der Waals surface area contributed by atoms with Crippen molar-refractivity contribution < 1.29 is 74.1 Å². The second-order valence-electron chi connectivity index (χ2n) is 8.50. The van der Waals surface area contributed by atoms with Crippen molar-refractivity contribution in [2.24, 2.45) is 0 Å². The number of carbonyl (C=O) groups is 1. The zero-order valence-corrected chi connectivity index (χ0v) is 20.0. The summed E-state index contributed by atoms with van der Waals surface area (Å²) in [6.07, 6.45) is -12.7. The van der Waals surface area contributed by atoms with Crippen LogP contribution in [0.5, 0.6) is 0 Å². The Morgan fingerprint density at radius 2 is 1.67 bits per heavy atom. The quantitative estimate of drug-likeness (QED) is 0.0734. The highest BCUT2D eigenvalue weighted by molar-refractivity contribution is 5.69. The fourth-order valence-electron chi connectivity index (χ4n) is 3.82. The van der Waals surface area contributed by atoms with Crippen molar-refractivity contribution in [2.45, 2.75) is 80.7 Å². The molecule has 36 heavy (non-hydrogen) atoms. The standard InChI is InChI=1S/C21H38O15/c1-2-11(32-4-3-22)7-14(25)33-6-5-31-9-13-16(27)19(30)21(10-24,35-13)36-20-18(29)17(28)15(26)12(8-23)34-20/h11-13,15-20,22-24,26-30H,2-10H2,1H3/t11?,12?,13-,15-,16?,17+,18?,19-,20-,21+/m1/s1. The van der Waals surface area contributed by atoms with Crippen molar-refractivity contribution in [3.05, 3.63) is 0 Å². The molecule has 2 saturated heterocycles.